The lowest BCUT2D eigenvalue weighted by molar-refractivity contribution is -0.197. The molecular formula is C52H69ClN4O12S. The SMILES string of the molecule is C/C1=C\C=C\[C@@H](C)[C@@]2(O)CC(OC(=O)N2)[C@@H](C)[C@@H]2O[C@@]2(C)[C@@H](OC(=O)[C@H]2CC[C@H](CSC3CC(=O)N(C[C@H]4CC[C@H](C(=O)ON5CCCC5=O)CC4)C3=O)CC2)CC(=O)N(C)c2cc(cc(C)c2Cl)C1. The Morgan fingerprint density at radius 2 is 1.61 bits per heavy atom. The van der Waals surface area contributed by atoms with Crippen LogP contribution in [0.1, 0.15) is 122 Å². The van der Waals surface area contributed by atoms with Gasteiger partial charge in [0, 0.05) is 44.7 Å². The summed E-state index contributed by atoms with van der Waals surface area (Å²) in [6.45, 7) is 10.2. The number of rotatable bonds is 9. The zero-order chi connectivity index (χ0) is 50.2. The third kappa shape index (κ3) is 11.4. The number of halogens is 1. The first kappa shape index (κ1) is 51.9. The Bertz CT molecular complexity index is 2290. The van der Waals surface area contributed by atoms with Gasteiger partial charge in [-0.3, -0.25) is 34.2 Å². The number of hydrogen-bond acceptors (Lipinski definition) is 13. The first-order chi connectivity index (χ1) is 33.2. The molecule has 5 heterocycles. The lowest BCUT2D eigenvalue weighted by Crippen LogP contribution is -2.60. The maximum Gasteiger partial charge on any atom is 0.409 e. The van der Waals surface area contributed by atoms with Crippen molar-refractivity contribution in [2.75, 3.05) is 30.8 Å². The number of carbonyl (C=O) groups excluding carboxylic acids is 7. The number of fused-ring (bicyclic) bond motifs is 5. The van der Waals surface area contributed by atoms with Crippen LogP contribution >= 0.6 is 23.4 Å². The lowest BCUT2D eigenvalue weighted by atomic mass is 9.81. The fraction of sp³-hybridized carbons (Fsp3) is 0.673. The minimum Gasteiger partial charge on any atom is -0.458 e. The summed E-state index contributed by atoms with van der Waals surface area (Å²) in [5.41, 5.74) is 0.593. The van der Waals surface area contributed by atoms with Gasteiger partial charge in [0.1, 0.15) is 23.5 Å². The third-order valence-electron chi connectivity index (χ3n) is 16.1. The van der Waals surface area contributed by atoms with Gasteiger partial charge in [0.15, 0.2) is 0 Å². The van der Waals surface area contributed by atoms with E-state index in [1.165, 1.54) is 21.6 Å². The number of amides is 5. The fourth-order valence-electron chi connectivity index (χ4n) is 11.3. The van der Waals surface area contributed by atoms with Crippen molar-refractivity contribution in [2.45, 2.75) is 159 Å². The van der Waals surface area contributed by atoms with E-state index >= 15 is 0 Å². The van der Waals surface area contributed by atoms with E-state index in [0.29, 0.717) is 87.3 Å². The quantitative estimate of drug-likeness (QED) is 0.144. The van der Waals surface area contributed by atoms with Crippen molar-refractivity contribution in [3.63, 3.8) is 0 Å². The molecule has 0 radical (unpaired) electrons. The van der Waals surface area contributed by atoms with Gasteiger partial charge < -0.3 is 29.1 Å². The summed E-state index contributed by atoms with van der Waals surface area (Å²) in [7, 11) is 1.66. The Morgan fingerprint density at radius 3 is 2.30 bits per heavy atom. The van der Waals surface area contributed by atoms with Crippen molar-refractivity contribution < 1.29 is 57.7 Å². The van der Waals surface area contributed by atoms with E-state index in [1.807, 2.05) is 65.0 Å². The van der Waals surface area contributed by atoms with Gasteiger partial charge in [-0.1, -0.05) is 55.3 Å². The molecule has 0 spiro atoms. The van der Waals surface area contributed by atoms with Crippen molar-refractivity contribution in [2.24, 2.45) is 35.5 Å². The number of likely N-dealkylation sites (tertiary alicyclic amines) is 1. The molecule has 1 aromatic rings. The number of benzene rings is 1. The number of ether oxygens (including phenoxy) is 3. The number of alkyl carbamates (subject to hydrolysis) is 1. The van der Waals surface area contributed by atoms with E-state index in [4.69, 9.17) is 30.6 Å². The van der Waals surface area contributed by atoms with Crippen molar-refractivity contribution in [3.05, 3.63) is 52.1 Å². The number of aryl methyl sites for hydroxylation is 1. The molecule has 2 N–H and O–H groups in total. The summed E-state index contributed by atoms with van der Waals surface area (Å²) in [6, 6.07) is 3.89. The Kier molecular flexibility index (Phi) is 15.8. The van der Waals surface area contributed by atoms with Crippen LogP contribution in [-0.2, 0) is 54.2 Å². The number of carbonyl (C=O) groups is 7. The number of nitrogens with one attached hydrogen (secondary N) is 1. The van der Waals surface area contributed by atoms with Crippen LogP contribution in [-0.4, -0.2) is 118 Å². The van der Waals surface area contributed by atoms with Gasteiger partial charge in [-0.2, -0.15) is 5.06 Å². The topological polar surface area (TPSA) is 202 Å². The second kappa shape index (κ2) is 21.3. The molecule has 4 bridgehead atoms. The minimum absolute atomic E-state index is 0.0808. The average molecular weight is 1010 g/mol. The fourth-order valence-corrected chi connectivity index (χ4v) is 12.9. The summed E-state index contributed by atoms with van der Waals surface area (Å²) in [5, 5.41) is 15.6. The highest BCUT2D eigenvalue weighted by Gasteiger charge is 2.64. The van der Waals surface area contributed by atoms with Gasteiger partial charge in [0.05, 0.1) is 46.9 Å². The molecule has 2 saturated carbocycles. The molecule has 7 aliphatic rings. The van der Waals surface area contributed by atoms with E-state index in [-0.39, 0.29) is 66.6 Å². The summed E-state index contributed by atoms with van der Waals surface area (Å²) in [5.74, 6) is -2.29. The normalized spacial score (nSPS) is 36.4. The van der Waals surface area contributed by atoms with Gasteiger partial charge >= 0.3 is 18.0 Å². The molecular weight excluding hydrogens is 940 g/mol. The molecule has 2 unspecified atom stereocenters. The Hall–Kier alpha value is -4.45. The van der Waals surface area contributed by atoms with Gasteiger partial charge in [0.25, 0.3) is 5.91 Å². The van der Waals surface area contributed by atoms with E-state index in [2.05, 4.69) is 5.32 Å². The van der Waals surface area contributed by atoms with Crippen LogP contribution in [0.2, 0.25) is 5.02 Å². The van der Waals surface area contributed by atoms with Crippen molar-refractivity contribution in [1.29, 1.82) is 0 Å². The van der Waals surface area contributed by atoms with Crippen molar-refractivity contribution >= 4 is 70.7 Å². The lowest BCUT2D eigenvalue weighted by Gasteiger charge is -2.41. The van der Waals surface area contributed by atoms with E-state index in [9.17, 15) is 38.7 Å². The number of imide groups is 1. The highest BCUT2D eigenvalue weighted by Crippen LogP contribution is 2.50. The van der Waals surface area contributed by atoms with Crippen LogP contribution in [0.4, 0.5) is 10.5 Å². The van der Waals surface area contributed by atoms with Crippen molar-refractivity contribution in [3.8, 4) is 0 Å². The number of epoxide rings is 1. The van der Waals surface area contributed by atoms with E-state index in [1.54, 1.807) is 7.05 Å². The van der Waals surface area contributed by atoms with Gasteiger partial charge in [-0.05, 0) is 120 Å². The molecule has 18 heteroatoms. The molecule has 1 aromatic carbocycles. The Labute approximate surface area is 419 Å². The first-order valence-corrected chi connectivity index (χ1v) is 26.6. The molecule has 16 nitrogen and oxygen atoms in total. The molecule has 70 heavy (non-hydrogen) atoms. The zero-order valence-electron chi connectivity index (χ0n) is 41.2. The molecule has 2 aliphatic carbocycles. The highest BCUT2D eigenvalue weighted by molar-refractivity contribution is 8.00. The smallest absolute Gasteiger partial charge is 0.409 e. The number of hydrogen-bond donors (Lipinski definition) is 2. The Morgan fingerprint density at radius 1 is 0.929 bits per heavy atom. The van der Waals surface area contributed by atoms with E-state index < -0.39 is 64.7 Å². The number of allylic oxidation sites excluding steroid dienone is 3. The van der Waals surface area contributed by atoms with Gasteiger partial charge in [-0.15, -0.1) is 11.8 Å². The van der Waals surface area contributed by atoms with Crippen molar-refractivity contribution in [1.82, 2.24) is 15.3 Å². The molecule has 6 fully saturated rings. The summed E-state index contributed by atoms with van der Waals surface area (Å²) in [4.78, 5) is 101. The number of thioether (sulfide) groups is 1. The predicted octanol–water partition coefficient (Wildman–Crippen LogP) is 7.14. The monoisotopic (exact) mass is 1010 g/mol. The Balaban J connectivity index is 0.877. The average Bonchev–Trinajstić information content (AvgIpc) is 3.75. The highest BCUT2D eigenvalue weighted by atomic mass is 35.5. The van der Waals surface area contributed by atoms with Crippen LogP contribution in [0, 0.1) is 42.4 Å². The van der Waals surface area contributed by atoms with Crippen LogP contribution < -0.4 is 10.2 Å². The molecule has 8 rings (SSSR count). The number of anilines is 1. The number of aliphatic hydroxyl groups is 1. The first-order valence-electron chi connectivity index (χ1n) is 25.2. The molecule has 8 atom stereocenters. The van der Waals surface area contributed by atoms with Crippen LogP contribution in [0.15, 0.2) is 35.9 Å². The maximum atomic E-state index is 14.3. The zero-order valence-corrected chi connectivity index (χ0v) is 42.8. The molecule has 5 aliphatic heterocycles. The third-order valence-corrected chi connectivity index (χ3v) is 18.0. The maximum absolute atomic E-state index is 14.3. The second-order valence-electron chi connectivity index (χ2n) is 21.3. The standard InChI is InChI=1S/C52H69ClN4O12S/c1-29-9-7-10-31(3)52(65)26-39(66-50(64)54-52)32(4)46-51(5,68-46)41(25-43(59)55(6)38-23-35(21-29)22-30(2)45(38)53)67-48(62)36-18-14-34(15-19-36)28-70-40-24-44(60)56(47(40)61)27-33-12-16-37(17-13-33)49(63)69-57-20-8-11-42(57)58/h7,9-10,22-23,31-34,36-37,39-41,46,65H,8,11-21,24-28H2,1-6H3,(H,54,64)/b10-7+,29-9+/t31-,32-,33-,34-,36-,37-,39?,40?,41+,46+,51+,52+/m1/s1. The molecule has 0 aromatic heterocycles. The molecule has 382 valence electrons. The molecule has 4 saturated heterocycles. The predicted molar refractivity (Wildman–Crippen MR) is 261 cm³/mol. The van der Waals surface area contributed by atoms with Gasteiger partial charge in [0.2, 0.25) is 17.7 Å². The second-order valence-corrected chi connectivity index (χ2v) is 22.9. The summed E-state index contributed by atoms with van der Waals surface area (Å²) in [6.07, 6.45) is 9.38. The van der Waals surface area contributed by atoms with E-state index in [0.717, 1.165) is 34.6 Å². The minimum atomic E-state index is -1.60. The largest absolute Gasteiger partial charge is 0.458 e. The van der Waals surface area contributed by atoms with Crippen LogP contribution in [0.25, 0.3) is 0 Å². The van der Waals surface area contributed by atoms with Crippen LogP contribution in [0.3, 0.4) is 0 Å². The number of esters is 1. The summed E-state index contributed by atoms with van der Waals surface area (Å²) < 4.78 is 18.5. The van der Waals surface area contributed by atoms with Gasteiger partial charge in [-0.25, -0.2) is 9.59 Å². The summed E-state index contributed by atoms with van der Waals surface area (Å²) >= 11 is 8.36. The number of nitrogens with zero attached hydrogens (tertiary/aromatic N) is 3. The molecule has 5 amide bonds. The number of hydroxylamine groups is 2. The van der Waals surface area contributed by atoms with Crippen LogP contribution in [0.5, 0.6) is 0 Å².